The molecule has 0 aliphatic carbocycles. The van der Waals surface area contributed by atoms with Gasteiger partial charge in [0.2, 0.25) is 0 Å². The molecule has 0 fully saturated rings. The molecule has 0 unspecified atom stereocenters. The van der Waals surface area contributed by atoms with Crippen LogP contribution in [0.4, 0.5) is 0 Å². The van der Waals surface area contributed by atoms with Gasteiger partial charge in [-0.1, -0.05) is 23.7 Å². The molecule has 0 saturated carbocycles. The van der Waals surface area contributed by atoms with Crippen molar-refractivity contribution in [2.45, 2.75) is 19.5 Å². The Morgan fingerprint density at radius 3 is 1.93 bits per heavy atom. The predicted molar refractivity (Wildman–Crippen MR) is 109 cm³/mol. The molecule has 5 nitrogen and oxygen atoms in total. The van der Waals surface area contributed by atoms with Crippen LogP contribution in [0.2, 0.25) is 5.02 Å². The first kappa shape index (κ1) is 20.9. The number of hydrogen-bond acceptors (Lipinski definition) is 5. The van der Waals surface area contributed by atoms with Crippen LogP contribution in [0.3, 0.4) is 0 Å². The van der Waals surface area contributed by atoms with E-state index in [1.165, 1.54) is 0 Å². The van der Waals surface area contributed by atoms with E-state index in [9.17, 15) is 0 Å². The van der Waals surface area contributed by atoms with Gasteiger partial charge in [0.15, 0.2) is 23.0 Å². The largest absolute Gasteiger partial charge is 0.493 e. The number of hydrogen-bond donors (Lipinski definition) is 1. The van der Waals surface area contributed by atoms with Crippen molar-refractivity contribution >= 4 is 11.6 Å². The molecule has 0 aliphatic heterocycles. The van der Waals surface area contributed by atoms with Gasteiger partial charge in [-0.3, -0.25) is 0 Å². The molecule has 0 aliphatic rings. The minimum absolute atomic E-state index is 0.521. The fourth-order valence-electron chi connectivity index (χ4n) is 2.94. The first-order valence-electron chi connectivity index (χ1n) is 8.53. The molecule has 27 heavy (non-hydrogen) atoms. The van der Waals surface area contributed by atoms with Crippen LogP contribution >= 0.6 is 11.6 Å². The number of benzene rings is 2. The van der Waals surface area contributed by atoms with Crippen molar-refractivity contribution in [3.8, 4) is 23.0 Å². The zero-order valence-electron chi connectivity index (χ0n) is 16.2. The SMILES string of the molecule is C=CCc1cc(CNCc2cc(Cl)c(OC)c(OC)c2)cc(OC)c1OC. The van der Waals surface area contributed by atoms with Gasteiger partial charge < -0.3 is 24.3 Å². The fraction of sp³-hybridized carbons (Fsp3) is 0.333. The highest BCUT2D eigenvalue weighted by Gasteiger charge is 2.13. The molecule has 0 heterocycles. The Balaban J connectivity index is 2.14. The highest BCUT2D eigenvalue weighted by molar-refractivity contribution is 6.32. The summed E-state index contributed by atoms with van der Waals surface area (Å²) in [6.07, 6.45) is 2.55. The highest BCUT2D eigenvalue weighted by Crippen LogP contribution is 2.36. The lowest BCUT2D eigenvalue weighted by atomic mass is 10.1. The summed E-state index contributed by atoms with van der Waals surface area (Å²) < 4.78 is 21.6. The second kappa shape index (κ2) is 10.1. The lowest BCUT2D eigenvalue weighted by Gasteiger charge is -2.15. The zero-order valence-corrected chi connectivity index (χ0v) is 17.0. The molecule has 1 N–H and O–H groups in total. The van der Waals surface area contributed by atoms with E-state index < -0.39 is 0 Å². The standard InChI is InChI=1S/C21H26ClNO4/c1-6-7-16-8-14(10-18(24-2)20(16)26-4)12-23-13-15-9-17(22)21(27-5)19(11-15)25-3/h6,8-11,23H,1,7,12-13H2,2-5H3. The molecule has 2 aromatic rings. The van der Waals surface area contributed by atoms with Crippen LogP contribution in [0, 0.1) is 0 Å². The van der Waals surface area contributed by atoms with Gasteiger partial charge in [-0.05, 0) is 35.7 Å². The number of ether oxygens (including phenoxy) is 4. The van der Waals surface area contributed by atoms with Crippen LogP contribution in [0.5, 0.6) is 23.0 Å². The van der Waals surface area contributed by atoms with Crippen LogP contribution < -0.4 is 24.3 Å². The molecule has 0 aromatic heterocycles. The minimum Gasteiger partial charge on any atom is -0.493 e. The van der Waals surface area contributed by atoms with Crippen molar-refractivity contribution in [1.29, 1.82) is 0 Å². The molecule has 2 rings (SSSR count). The third-order valence-corrected chi connectivity index (χ3v) is 4.41. The number of nitrogens with one attached hydrogen (secondary N) is 1. The van der Waals surface area contributed by atoms with Crippen LogP contribution in [0.1, 0.15) is 16.7 Å². The van der Waals surface area contributed by atoms with Crippen LogP contribution in [0.25, 0.3) is 0 Å². The predicted octanol–water partition coefficient (Wildman–Crippen LogP) is 4.39. The van der Waals surface area contributed by atoms with Gasteiger partial charge in [0.1, 0.15) is 0 Å². The molecule has 0 amide bonds. The maximum absolute atomic E-state index is 6.27. The molecule has 0 bridgehead atoms. The summed E-state index contributed by atoms with van der Waals surface area (Å²) in [4.78, 5) is 0. The van der Waals surface area contributed by atoms with Crippen LogP contribution in [-0.4, -0.2) is 28.4 Å². The van der Waals surface area contributed by atoms with E-state index in [1.54, 1.807) is 28.4 Å². The van der Waals surface area contributed by atoms with E-state index in [4.69, 9.17) is 30.5 Å². The quantitative estimate of drug-likeness (QED) is 0.608. The van der Waals surface area contributed by atoms with Gasteiger partial charge in [-0.2, -0.15) is 0 Å². The van der Waals surface area contributed by atoms with Crippen molar-refractivity contribution in [3.05, 3.63) is 58.6 Å². The van der Waals surface area contributed by atoms with Crippen molar-refractivity contribution in [2.24, 2.45) is 0 Å². The van der Waals surface area contributed by atoms with Gasteiger partial charge >= 0.3 is 0 Å². The van der Waals surface area contributed by atoms with Gasteiger partial charge in [-0.25, -0.2) is 0 Å². The molecular formula is C21H26ClNO4. The smallest absolute Gasteiger partial charge is 0.179 e. The van der Waals surface area contributed by atoms with E-state index in [-0.39, 0.29) is 0 Å². The number of halogens is 1. The fourth-order valence-corrected chi connectivity index (χ4v) is 3.25. The van der Waals surface area contributed by atoms with Gasteiger partial charge in [-0.15, -0.1) is 6.58 Å². The first-order valence-corrected chi connectivity index (χ1v) is 8.91. The molecule has 6 heteroatoms. The van der Waals surface area contributed by atoms with Gasteiger partial charge in [0, 0.05) is 18.7 Å². The van der Waals surface area contributed by atoms with Gasteiger partial charge in [0.25, 0.3) is 0 Å². The van der Waals surface area contributed by atoms with E-state index in [1.807, 2.05) is 24.3 Å². The van der Waals surface area contributed by atoms with Crippen molar-refractivity contribution in [3.63, 3.8) is 0 Å². The third-order valence-electron chi connectivity index (χ3n) is 4.13. The maximum Gasteiger partial charge on any atom is 0.179 e. The Morgan fingerprint density at radius 2 is 1.41 bits per heavy atom. The Labute approximate surface area is 165 Å². The number of rotatable bonds is 10. The summed E-state index contributed by atoms with van der Waals surface area (Å²) in [6, 6.07) is 7.85. The number of allylic oxidation sites excluding steroid dienone is 1. The Morgan fingerprint density at radius 1 is 0.852 bits per heavy atom. The van der Waals surface area contributed by atoms with E-state index in [0.717, 1.165) is 22.4 Å². The second-order valence-corrected chi connectivity index (χ2v) is 6.31. The molecule has 0 atom stereocenters. The Hall–Kier alpha value is -2.37. The second-order valence-electron chi connectivity index (χ2n) is 5.90. The summed E-state index contributed by atoms with van der Waals surface area (Å²) >= 11 is 6.27. The zero-order chi connectivity index (χ0) is 19.8. The molecule has 0 saturated heterocycles. The van der Waals surface area contributed by atoms with E-state index in [0.29, 0.717) is 41.8 Å². The van der Waals surface area contributed by atoms with Crippen molar-refractivity contribution < 1.29 is 18.9 Å². The summed E-state index contributed by atoms with van der Waals surface area (Å²) in [7, 11) is 6.44. The van der Waals surface area contributed by atoms with E-state index in [2.05, 4.69) is 18.0 Å². The van der Waals surface area contributed by atoms with Crippen LogP contribution in [0.15, 0.2) is 36.9 Å². The monoisotopic (exact) mass is 391 g/mol. The van der Waals surface area contributed by atoms with Gasteiger partial charge in [0.05, 0.1) is 33.5 Å². The summed E-state index contributed by atoms with van der Waals surface area (Å²) in [5.41, 5.74) is 3.14. The minimum atomic E-state index is 0.521. The topological polar surface area (TPSA) is 49.0 Å². The number of methoxy groups -OCH3 is 4. The Kier molecular flexibility index (Phi) is 7.82. The van der Waals surface area contributed by atoms with E-state index >= 15 is 0 Å². The normalized spacial score (nSPS) is 10.4. The first-order chi connectivity index (χ1) is 13.1. The maximum atomic E-state index is 6.27. The third kappa shape index (κ3) is 5.08. The summed E-state index contributed by atoms with van der Waals surface area (Å²) in [5.74, 6) is 2.61. The Bertz CT molecular complexity index is 792. The summed E-state index contributed by atoms with van der Waals surface area (Å²) in [5, 5.41) is 3.94. The van der Waals surface area contributed by atoms with Crippen molar-refractivity contribution in [1.82, 2.24) is 5.32 Å². The molecular weight excluding hydrogens is 366 g/mol. The average molecular weight is 392 g/mol. The highest BCUT2D eigenvalue weighted by atomic mass is 35.5. The average Bonchev–Trinajstić information content (AvgIpc) is 2.67. The molecule has 0 radical (unpaired) electrons. The lowest BCUT2D eigenvalue weighted by Crippen LogP contribution is -2.13. The molecule has 146 valence electrons. The molecule has 0 spiro atoms. The molecule has 2 aromatic carbocycles. The summed E-state index contributed by atoms with van der Waals surface area (Å²) in [6.45, 7) is 5.10. The lowest BCUT2D eigenvalue weighted by molar-refractivity contribution is 0.351. The van der Waals surface area contributed by atoms with Crippen LogP contribution in [-0.2, 0) is 19.5 Å². The van der Waals surface area contributed by atoms with Crippen molar-refractivity contribution in [2.75, 3.05) is 28.4 Å².